The van der Waals surface area contributed by atoms with Crippen molar-refractivity contribution in [3.05, 3.63) is 23.9 Å². The fourth-order valence-corrected chi connectivity index (χ4v) is 1.35. The van der Waals surface area contributed by atoms with E-state index in [4.69, 9.17) is 0 Å². The first-order valence-corrected chi connectivity index (χ1v) is 5.31. The topological polar surface area (TPSA) is 24.9 Å². The maximum absolute atomic E-state index is 4.44. The highest BCUT2D eigenvalue weighted by molar-refractivity contribution is 5.38. The van der Waals surface area contributed by atoms with E-state index in [1.807, 2.05) is 25.1 Å². The van der Waals surface area contributed by atoms with E-state index in [-0.39, 0.29) is 5.54 Å². The van der Waals surface area contributed by atoms with Crippen LogP contribution in [0.1, 0.15) is 39.3 Å². The minimum Gasteiger partial charge on any atom is -0.365 e. The predicted molar refractivity (Wildman–Crippen MR) is 61.6 cm³/mol. The Balaban J connectivity index is 2.77. The average Bonchev–Trinajstić information content (AvgIpc) is 2.18. The second-order valence-corrected chi connectivity index (χ2v) is 4.06. The van der Waals surface area contributed by atoms with Gasteiger partial charge in [0.25, 0.3) is 0 Å². The molecule has 0 aliphatic carbocycles. The smallest absolute Gasteiger partial charge is 0.126 e. The molecule has 2 nitrogen and oxygen atoms in total. The summed E-state index contributed by atoms with van der Waals surface area (Å²) in [5, 5.41) is 3.48. The van der Waals surface area contributed by atoms with Gasteiger partial charge in [0.1, 0.15) is 5.82 Å². The van der Waals surface area contributed by atoms with Crippen molar-refractivity contribution in [1.82, 2.24) is 4.98 Å². The van der Waals surface area contributed by atoms with Crippen LogP contribution >= 0.6 is 0 Å². The number of aryl methyl sites for hydroxylation is 1. The first-order valence-electron chi connectivity index (χ1n) is 5.31. The van der Waals surface area contributed by atoms with E-state index in [0.29, 0.717) is 0 Å². The molecule has 0 saturated carbocycles. The molecule has 1 aromatic rings. The average molecular weight is 192 g/mol. The summed E-state index contributed by atoms with van der Waals surface area (Å²) in [5.41, 5.74) is 1.23. The van der Waals surface area contributed by atoms with Gasteiger partial charge in [0.15, 0.2) is 0 Å². The number of nitrogens with one attached hydrogen (secondary N) is 1. The van der Waals surface area contributed by atoms with Gasteiger partial charge < -0.3 is 5.32 Å². The van der Waals surface area contributed by atoms with Gasteiger partial charge in [-0.25, -0.2) is 4.98 Å². The fourth-order valence-electron chi connectivity index (χ4n) is 1.35. The molecule has 0 fully saturated rings. The maximum Gasteiger partial charge on any atom is 0.126 e. The van der Waals surface area contributed by atoms with Crippen molar-refractivity contribution in [1.29, 1.82) is 0 Å². The minimum atomic E-state index is 0.167. The molecular weight excluding hydrogens is 172 g/mol. The number of nitrogens with zero attached hydrogens (tertiary/aromatic N) is 1. The van der Waals surface area contributed by atoms with Crippen LogP contribution in [-0.2, 0) is 0 Å². The van der Waals surface area contributed by atoms with Gasteiger partial charge in [-0.2, -0.15) is 0 Å². The first kappa shape index (κ1) is 11.0. The largest absolute Gasteiger partial charge is 0.365 e. The van der Waals surface area contributed by atoms with E-state index in [0.717, 1.165) is 24.4 Å². The molecule has 2 heteroatoms. The molecule has 0 atom stereocenters. The molecule has 1 heterocycles. The lowest BCUT2D eigenvalue weighted by atomic mass is 9.96. The van der Waals surface area contributed by atoms with Crippen molar-refractivity contribution in [3.8, 4) is 0 Å². The summed E-state index contributed by atoms with van der Waals surface area (Å²) in [6, 6.07) is 6.08. The summed E-state index contributed by atoms with van der Waals surface area (Å²) in [7, 11) is 0. The molecule has 0 aliphatic rings. The van der Waals surface area contributed by atoms with Crippen LogP contribution in [0.3, 0.4) is 0 Å². The Morgan fingerprint density at radius 1 is 1.29 bits per heavy atom. The quantitative estimate of drug-likeness (QED) is 0.791. The van der Waals surface area contributed by atoms with Gasteiger partial charge in [-0.15, -0.1) is 0 Å². The summed E-state index contributed by atoms with van der Waals surface area (Å²) in [6.07, 6.45) is 2.22. The molecule has 0 aliphatic heterocycles. The minimum absolute atomic E-state index is 0.167. The summed E-state index contributed by atoms with van der Waals surface area (Å²) in [5.74, 6) is 0.983. The van der Waals surface area contributed by atoms with Crippen molar-refractivity contribution >= 4 is 5.82 Å². The number of pyridine rings is 1. The van der Waals surface area contributed by atoms with Crippen LogP contribution in [0.15, 0.2) is 18.2 Å². The molecule has 1 N–H and O–H groups in total. The summed E-state index contributed by atoms with van der Waals surface area (Å²) >= 11 is 0. The molecule has 0 aromatic carbocycles. The lowest BCUT2D eigenvalue weighted by molar-refractivity contribution is 0.476. The molecule has 14 heavy (non-hydrogen) atoms. The van der Waals surface area contributed by atoms with Gasteiger partial charge in [-0.1, -0.05) is 19.9 Å². The molecule has 1 rings (SSSR count). The summed E-state index contributed by atoms with van der Waals surface area (Å²) < 4.78 is 0. The Labute approximate surface area is 86.8 Å². The van der Waals surface area contributed by atoms with Crippen LogP contribution in [0, 0.1) is 6.92 Å². The third-order valence-corrected chi connectivity index (χ3v) is 2.88. The van der Waals surface area contributed by atoms with E-state index >= 15 is 0 Å². The summed E-state index contributed by atoms with van der Waals surface area (Å²) in [6.45, 7) is 8.65. The van der Waals surface area contributed by atoms with E-state index < -0.39 is 0 Å². The van der Waals surface area contributed by atoms with Crippen LogP contribution in [-0.4, -0.2) is 10.5 Å². The van der Waals surface area contributed by atoms with E-state index in [2.05, 4.69) is 31.1 Å². The van der Waals surface area contributed by atoms with Gasteiger partial charge in [0, 0.05) is 11.2 Å². The second kappa shape index (κ2) is 4.45. The molecule has 0 spiro atoms. The Bertz CT molecular complexity index is 290. The highest BCUT2D eigenvalue weighted by atomic mass is 15.0. The zero-order valence-corrected chi connectivity index (χ0v) is 9.59. The van der Waals surface area contributed by atoms with Crippen LogP contribution in [0.4, 0.5) is 5.82 Å². The van der Waals surface area contributed by atoms with Crippen molar-refractivity contribution in [2.75, 3.05) is 5.32 Å². The maximum atomic E-state index is 4.44. The number of aromatic nitrogens is 1. The van der Waals surface area contributed by atoms with Gasteiger partial charge >= 0.3 is 0 Å². The molecule has 0 unspecified atom stereocenters. The van der Waals surface area contributed by atoms with Crippen LogP contribution in [0.5, 0.6) is 0 Å². The SMILES string of the molecule is CCC(C)(CC)Nc1cccc(C)n1. The van der Waals surface area contributed by atoms with Crippen molar-refractivity contribution in [2.45, 2.75) is 46.1 Å². The van der Waals surface area contributed by atoms with Crippen LogP contribution in [0.2, 0.25) is 0 Å². The number of hydrogen-bond donors (Lipinski definition) is 1. The van der Waals surface area contributed by atoms with Crippen LogP contribution < -0.4 is 5.32 Å². The first-order chi connectivity index (χ1) is 6.59. The number of anilines is 1. The Kier molecular flexibility index (Phi) is 3.50. The molecule has 0 amide bonds. The van der Waals surface area contributed by atoms with Crippen molar-refractivity contribution < 1.29 is 0 Å². The van der Waals surface area contributed by atoms with Crippen molar-refractivity contribution in [3.63, 3.8) is 0 Å². The van der Waals surface area contributed by atoms with Crippen molar-refractivity contribution in [2.24, 2.45) is 0 Å². The monoisotopic (exact) mass is 192 g/mol. The Morgan fingerprint density at radius 2 is 1.93 bits per heavy atom. The predicted octanol–water partition coefficient (Wildman–Crippen LogP) is 3.38. The standard InChI is InChI=1S/C12H20N2/c1-5-12(4,6-2)14-11-9-7-8-10(3)13-11/h7-9H,5-6H2,1-4H3,(H,13,14). The normalized spacial score (nSPS) is 11.4. The number of rotatable bonds is 4. The summed E-state index contributed by atoms with van der Waals surface area (Å²) in [4.78, 5) is 4.44. The third kappa shape index (κ3) is 2.72. The zero-order valence-electron chi connectivity index (χ0n) is 9.59. The molecule has 0 saturated heterocycles. The van der Waals surface area contributed by atoms with Gasteiger partial charge in [-0.3, -0.25) is 0 Å². The molecule has 78 valence electrons. The fraction of sp³-hybridized carbons (Fsp3) is 0.583. The highest BCUT2D eigenvalue weighted by Crippen LogP contribution is 2.20. The van der Waals surface area contributed by atoms with Gasteiger partial charge in [0.05, 0.1) is 0 Å². The molecule has 0 radical (unpaired) electrons. The van der Waals surface area contributed by atoms with Crippen LogP contribution in [0.25, 0.3) is 0 Å². The van der Waals surface area contributed by atoms with E-state index in [1.54, 1.807) is 0 Å². The number of hydrogen-bond acceptors (Lipinski definition) is 2. The lowest BCUT2D eigenvalue weighted by Gasteiger charge is -2.28. The molecular formula is C12H20N2. The van der Waals surface area contributed by atoms with E-state index in [9.17, 15) is 0 Å². The third-order valence-electron chi connectivity index (χ3n) is 2.88. The second-order valence-electron chi connectivity index (χ2n) is 4.06. The molecule has 1 aromatic heterocycles. The Hall–Kier alpha value is -1.05. The lowest BCUT2D eigenvalue weighted by Crippen LogP contribution is -2.33. The van der Waals surface area contributed by atoms with Gasteiger partial charge in [-0.05, 0) is 38.8 Å². The Morgan fingerprint density at radius 3 is 2.43 bits per heavy atom. The molecule has 0 bridgehead atoms. The van der Waals surface area contributed by atoms with E-state index in [1.165, 1.54) is 0 Å². The highest BCUT2D eigenvalue weighted by Gasteiger charge is 2.19. The van der Waals surface area contributed by atoms with Gasteiger partial charge in [0.2, 0.25) is 0 Å². The zero-order chi connectivity index (χ0) is 10.6.